The summed E-state index contributed by atoms with van der Waals surface area (Å²) in [5.74, 6) is 2.25. The van der Waals surface area contributed by atoms with E-state index < -0.39 is 0 Å². The van der Waals surface area contributed by atoms with Crippen LogP contribution in [0.3, 0.4) is 0 Å². The van der Waals surface area contributed by atoms with E-state index >= 15 is 0 Å². The lowest BCUT2D eigenvalue weighted by Gasteiger charge is -2.23. The Morgan fingerprint density at radius 3 is 3.05 bits per heavy atom. The number of aromatic nitrogens is 4. The van der Waals surface area contributed by atoms with Gasteiger partial charge < -0.3 is 10.4 Å². The molecule has 0 fully saturated rings. The summed E-state index contributed by atoms with van der Waals surface area (Å²) in [4.78, 5) is 8.89. The molecule has 0 amide bonds. The molecular weight excluding hydrogens is 266 g/mol. The second-order valence-electron chi connectivity index (χ2n) is 5.51. The van der Waals surface area contributed by atoms with Gasteiger partial charge in [0.2, 0.25) is 0 Å². The minimum atomic E-state index is 0.249. The van der Waals surface area contributed by atoms with Gasteiger partial charge in [-0.2, -0.15) is 5.10 Å². The number of hydrogen-bond donors (Lipinski definition) is 2. The molecule has 1 aliphatic rings. The number of aromatic hydroxyl groups is 1. The van der Waals surface area contributed by atoms with Crippen molar-refractivity contribution in [2.45, 2.75) is 52.2 Å². The summed E-state index contributed by atoms with van der Waals surface area (Å²) in [6, 6.07) is 3.85. The molecule has 0 unspecified atom stereocenters. The number of nitrogens with one attached hydrogen (secondary N) is 1. The molecule has 2 aromatic heterocycles. The molecule has 6 heteroatoms. The predicted molar refractivity (Wildman–Crippen MR) is 79.0 cm³/mol. The van der Waals surface area contributed by atoms with Crippen LogP contribution >= 0.6 is 0 Å². The highest BCUT2D eigenvalue weighted by Crippen LogP contribution is 2.17. The molecule has 3 heterocycles. The van der Waals surface area contributed by atoms with Crippen molar-refractivity contribution >= 4 is 0 Å². The molecule has 0 bridgehead atoms. The molecule has 0 aliphatic carbocycles. The molecule has 2 N–H and O–H groups in total. The van der Waals surface area contributed by atoms with Crippen molar-refractivity contribution in [1.29, 1.82) is 0 Å². The molecule has 1 aliphatic heterocycles. The Labute approximate surface area is 124 Å². The van der Waals surface area contributed by atoms with Crippen LogP contribution in [0.5, 0.6) is 5.75 Å². The molecule has 21 heavy (non-hydrogen) atoms. The Morgan fingerprint density at radius 2 is 2.24 bits per heavy atom. The summed E-state index contributed by atoms with van der Waals surface area (Å²) in [6.07, 6.45) is 2.85. The average molecular weight is 287 g/mol. The number of hydrogen-bond acceptors (Lipinski definition) is 5. The van der Waals surface area contributed by atoms with Gasteiger partial charge in [-0.1, -0.05) is 6.92 Å². The van der Waals surface area contributed by atoms with E-state index in [1.54, 1.807) is 6.07 Å². The highest BCUT2D eigenvalue weighted by atomic mass is 16.3. The summed E-state index contributed by atoms with van der Waals surface area (Å²) in [7, 11) is 0. The van der Waals surface area contributed by atoms with Crippen molar-refractivity contribution in [2.75, 3.05) is 0 Å². The lowest BCUT2D eigenvalue weighted by Crippen LogP contribution is -2.37. The van der Waals surface area contributed by atoms with Crippen LogP contribution in [-0.4, -0.2) is 30.9 Å². The topological polar surface area (TPSA) is 75.9 Å². The maximum Gasteiger partial charge on any atom is 0.150 e. The van der Waals surface area contributed by atoms with Crippen molar-refractivity contribution in [3.05, 3.63) is 35.2 Å². The van der Waals surface area contributed by atoms with Crippen molar-refractivity contribution in [3.63, 3.8) is 0 Å². The van der Waals surface area contributed by atoms with Crippen LogP contribution in [0.25, 0.3) is 0 Å². The van der Waals surface area contributed by atoms with Gasteiger partial charge in [-0.25, -0.2) is 9.67 Å². The zero-order chi connectivity index (χ0) is 14.8. The van der Waals surface area contributed by atoms with Gasteiger partial charge in [0.25, 0.3) is 0 Å². The number of rotatable bonds is 4. The Hall–Kier alpha value is -1.95. The molecule has 0 radical (unpaired) electrons. The van der Waals surface area contributed by atoms with E-state index in [4.69, 9.17) is 0 Å². The third-order valence-corrected chi connectivity index (χ3v) is 3.87. The third-order valence-electron chi connectivity index (χ3n) is 3.87. The summed E-state index contributed by atoms with van der Waals surface area (Å²) in [6.45, 7) is 5.40. The molecule has 0 saturated heterocycles. The molecule has 3 rings (SSSR count). The maximum absolute atomic E-state index is 9.83. The number of pyridine rings is 1. The van der Waals surface area contributed by atoms with E-state index in [0.29, 0.717) is 18.3 Å². The fourth-order valence-corrected chi connectivity index (χ4v) is 2.65. The third kappa shape index (κ3) is 3.05. The van der Waals surface area contributed by atoms with E-state index in [1.807, 2.05) is 17.7 Å². The second kappa shape index (κ2) is 5.81. The minimum absolute atomic E-state index is 0.249. The van der Waals surface area contributed by atoms with Crippen LogP contribution in [0.2, 0.25) is 0 Å². The normalized spacial score (nSPS) is 17.7. The minimum Gasteiger partial charge on any atom is -0.506 e. The average Bonchev–Trinajstić information content (AvgIpc) is 2.90. The van der Waals surface area contributed by atoms with Crippen LogP contribution in [-0.2, 0) is 25.9 Å². The lowest BCUT2D eigenvalue weighted by atomic mass is 10.1. The largest absolute Gasteiger partial charge is 0.506 e. The van der Waals surface area contributed by atoms with Crippen molar-refractivity contribution in [2.24, 2.45) is 0 Å². The summed E-state index contributed by atoms with van der Waals surface area (Å²) >= 11 is 0. The summed E-state index contributed by atoms with van der Waals surface area (Å²) in [5.41, 5.74) is 1.62. The molecule has 1 atom stereocenters. The van der Waals surface area contributed by atoms with Crippen LogP contribution in [0.1, 0.15) is 36.4 Å². The molecule has 112 valence electrons. The first-order valence-corrected chi connectivity index (χ1v) is 7.47. The molecule has 0 aromatic carbocycles. The number of aryl methyl sites for hydroxylation is 3. The van der Waals surface area contributed by atoms with Gasteiger partial charge in [0, 0.05) is 31.1 Å². The lowest BCUT2D eigenvalue weighted by molar-refractivity contribution is 0.353. The van der Waals surface area contributed by atoms with Crippen molar-refractivity contribution in [1.82, 2.24) is 25.1 Å². The van der Waals surface area contributed by atoms with Crippen LogP contribution in [0, 0.1) is 6.92 Å². The SMILES string of the molecule is CCc1nc2n(n1)C[C@H](NCc1nc(C)ccc1O)CC2. The van der Waals surface area contributed by atoms with Gasteiger partial charge in [-0.3, -0.25) is 4.98 Å². The molecule has 6 nitrogen and oxygen atoms in total. The Balaban J connectivity index is 1.63. The molecule has 0 spiro atoms. The van der Waals surface area contributed by atoms with E-state index in [9.17, 15) is 5.11 Å². The van der Waals surface area contributed by atoms with E-state index in [1.165, 1.54) is 0 Å². The van der Waals surface area contributed by atoms with Crippen molar-refractivity contribution in [3.8, 4) is 5.75 Å². The van der Waals surface area contributed by atoms with Gasteiger partial charge >= 0.3 is 0 Å². The maximum atomic E-state index is 9.83. The first-order chi connectivity index (χ1) is 10.2. The first-order valence-electron chi connectivity index (χ1n) is 7.47. The van der Waals surface area contributed by atoms with Gasteiger partial charge in [0.15, 0.2) is 5.82 Å². The fourth-order valence-electron chi connectivity index (χ4n) is 2.65. The first kappa shape index (κ1) is 14.0. The van der Waals surface area contributed by atoms with E-state index in [0.717, 1.165) is 43.1 Å². The Kier molecular flexibility index (Phi) is 3.88. The molecule has 0 saturated carbocycles. The van der Waals surface area contributed by atoms with Gasteiger partial charge in [-0.05, 0) is 25.5 Å². The fraction of sp³-hybridized carbons (Fsp3) is 0.533. The van der Waals surface area contributed by atoms with E-state index in [2.05, 4.69) is 27.3 Å². The van der Waals surface area contributed by atoms with Crippen LogP contribution < -0.4 is 5.32 Å². The molecule has 2 aromatic rings. The number of fused-ring (bicyclic) bond motifs is 1. The van der Waals surface area contributed by atoms with Gasteiger partial charge in [0.1, 0.15) is 11.6 Å². The monoisotopic (exact) mass is 287 g/mol. The zero-order valence-corrected chi connectivity index (χ0v) is 12.5. The standard InChI is InChI=1S/C15H21N5O/c1-3-14-18-15-7-5-11(9-20(15)19-14)16-8-12-13(21)6-4-10(2)17-12/h4,6,11,16,21H,3,5,7-9H2,1-2H3/t11-/m1/s1. The highest BCUT2D eigenvalue weighted by molar-refractivity contribution is 5.27. The van der Waals surface area contributed by atoms with Crippen LogP contribution in [0.15, 0.2) is 12.1 Å². The predicted octanol–water partition coefficient (Wildman–Crippen LogP) is 1.35. The summed E-state index contributed by atoms with van der Waals surface area (Å²) in [5, 5.41) is 17.8. The highest BCUT2D eigenvalue weighted by Gasteiger charge is 2.21. The number of nitrogens with zero attached hydrogens (tertiary/aromatic N) is 4. The van der Waals surface area contributed by atoms with E-state index in [-0.39, 0.29) is 5.75 Å². The zero-order valence-electron chi connectivity index (χ0n) is 12.5. The van der Waals surface area contributed by atoms with Crippen LogP contribution in [0.4, 0.5) is 0 Å². The van der Waals surface area contributed by atoms with Gasteiger partial charge in [0.05, 0.1) is 12.2 Å². The summed E-state index contributed by atoms with van der Waals surface area (Å²) < 4.78 is 2.00. The van der Waals surface area contributed by atoms with Gasteiger partial charge in [-0.15, -0.1) is 0 Å². The molecular formula is C15H21N5O. The quantitative estimate of drug-likeness (QED) is 0.888. The Morgan fingerprint density at radius 1 is 1.38 bits per heavy atom. The Bertz CT molecular complexity index is 637. The van der Waals surface area contributed by atoms with Crippen molar-refractivity contribution < 1.29 is 5.11 Å². The second-order valence-corrected chi connectivity index (χ2v) is 5.51. The smallest absolute Gasteiger partial charge is 0.150 e.